The summed E-state index contributed by atoms with van der Waals surface area (Å²) in [7, 11) is 4.18. The summed E-state index contributed by atoms with van der Waals surface area (Å²) in [6.45, 7) is 6.71. The molecule has 1 fully saturated rings. The van der Waals surface area contributed by atoms with Crippen LogP contribution < -0.4 is 15.5 Å². The maximum Gasteiger partial charge on any atom is 0.191 e. The molecule has 3 rings (SSSR count). The third-order valence-electron chi connectivity index (χ3n) is 4.94. The third kappa shape index (κ3) is 7.51. The lowest BCUT2D eigenvalue weighted by molar-refractivity contribution is 0.402. The van der Waals surface area contributed by atoms with Gasteiger partial charge in [-0.1, -0.05) is 42.5 Å². The van der Waals surface area contributed by atoms with Crippen LogP contribution in [0.3, 0.4) is 0 Å². The summed E-state index contributed by atoms with van der Waals surface area (Å²) >= 11 is 0. The molecule has 0 saturated carbocycles. The monoisotopic (exact) mass is 507 g/mol. The number of nitrogens with zero attached hydrogens (tertiary/aromatic N) is 3. The number of benzene rings is 2. The Morgan fingerprint density at radius 2 is 1.76 bits per heavy atom. The van der Waals surface area contributed by atoms with Gasteiger partial charge in [0, 0.05) is 37.9 Å². The number of hydrogen-bond donors (Lipinski definition) is 2. The molecule has 2 aromatic rings. The number of hydrogen-bond acceptors (Lipinski definition) is 3. The molecule has 0 aromatic heterocycles. The van der Waals surface area contributed by atoms with Crippen LogP contribution in [0.5, 0.6) is 0 Å². The summed E-state index contributed by atoms with van der Waals surface area (Å²) in [5.74, 6) is 0.903. The third-order valence-corrected chi connectivity index (χ3v) is 4.94. The van der Waals surface area contributed by atoms with Gasteiger partial charge in [-0.25, -0.2) is 4.99 Å². The molecule has 6 heteroatoms. The topological polar surface area (TPSA) is 42.9 Å². The van der Waals surface area contributed by atoms with Gasteiger partial charge in [0.1, 0.15) is 0 Å². The van der Waals surface area contributed by atoms with E-state index in [1.165, 1.54) is 16.8 Å². The first-order chi connectivity index (χ1) is 13.6. The summed E-state index contributed by atoms with van der Waals surface area (Å²) in [5.41, 5.74) is 3.86. The number of halogens is 1. The van der Waals surface area contributed by atoms with E-state index >= 15 is 0 Å². The van der Waals surface area contributed by atoms with Gasteiger partial charge in [-0.15, -0.1) is 24.0 Å². The average Bonchev–Trinajstić information content (AvgIpc) is 3.16. The second kappa shape index (κ2) is 12.0. The van der Waals surface area contributed by atoms with Gasteiger partial charge in [0.15, 0.2) is 5.96 Å². The molecule has 0 spiro atoms. The van der Waals surface area contributed by atoms with Crippen LogP contribution >= 0.6 is 24.0 Å². The van der Waals surface area contributed by atoms with E-state index in [0.29, 0.717) is 12.6 Å². The Morgan fingerprint density at radius 1 is 1.07 bits per heavy atom. The zero-order chi connectivity index (χ0) is 19.8. The molecule has 29 heavy (non-hydrogen) atoms. The summed E-state index contributed by atoms with van der Waals surface area (Å²) in [5, 5.41) is 7.00. The van der Waals surface area contributed by atoms with Crippen molar-refractivity contribution in [3.05, 3.63) is 65.7 Å². The number of anilines is 1. The van der Waals surface area contributed by atoms with E-state index in [0.717, 1.165) is 38.6 Å². The fourth-order valence-electron chi connectivity index (χ4n) is 3.55. The Kier molecular flexibility index (Phi) is 9.73. The highest BCUT2D eigenvalue weighted by Crippen LogP contribution is 2.19. The highest BCUT2D eigenvalue weighted by atomic mass is 127. The summed E-state index contributed by atoms with van der Waals surface area (Å²) < 4.78 is 0. The quantitative estimate of drug-likeness (QED) is 0.341. The van der Waals surface area contributed by atoms with Gasteiger partial charge < -0.3 is 20.4 Å². The molecule has 1 heterocycles. The molecule has 5 nitrogen and oxygen atoms in total. The van der Waals surface area contributed by atoms with Crippen molar-refractivity contribution in [3.8, 4) is 0 Å². The van der Waals surface area contributed by atoms with Gasteiger partial charge >= 0.3 is 0 Å². The second-order valence-electron chi connectivity index (χ2n) is 7.66. The van der Waals surface area contributed by atoms with Crippen LogP contribution in [0, 0.1) is 0 Å². The van der Waals surface area contributed by atoms with Crippen LogP contribution in [0.2, 0.25) is 0 Å². The average molecular weight is 507 g/mol. The van der Waals surface area contributed by atoms with Crippen molar-refractivity contribution in [1.82, 2.24) is 15.5 Å². The number of para-hydroxylation sites is 1. The molecule has 0 aliphatic carbocycles. The van der Waals surface area contributed by atoms with Gasteiger partial charge in [-0.05, 0) is 50.7 Å². The lowest BCUT2D eigenvalue weighted by Crippen LogP contribution is -2.44. The molecule has 0 amide bonds. The van der Waals surface area contributed by atoms with E-state index < -0.39 is 0 Å². The van der Waals surface area contributed by atoms with Gasteiger partial charge in [-0.3, -0.25) is 0 Å². The smallest absolute Gasteiger partial charge is 0.191 e. The zero-order valence-electron chi connectivity index (χ0n) is 17.8. The number of guanidine groups is 1. The molecule has 1 aliphatic heterocycles. The normalized spacial score (nSPS) is 16.6. The Balaban J connectivity index is 0.00000300. The highest BCUT2D eigenvalue weighted by Gasteiger charge is 2.23. The van der Waals surface area contributed by atoms with Crippen LogP contribution in [0.4, 0.5) is 5.69 Å². The maximum absolute atomic E-state index is 4.80. The minimum absolute atomic E-state index is 0. The first kappa shape index (κ1) is 23.5. The van der Waals surface area contributed by atoms with Gasteiger partial charge in [0.25, 0.3) is 0 Å². The Bertz CT molecular complexity index is 746. The molecule has 1 aliphatic rings. The Labute approximate surface area is 192 Å². The fraction of sp³-hybridized carbons (Fsp3) is 0.435. The van der Waals surface area contributed by atoms with Crippen molar-refractivity contribution < 1.29 is 0 Å². The second-order valence-corrected chi connectivity index (χ2v) is 7.66. The minimum atomic E-state index is 0. The van der Waals surface area contributed by atoms with Gasteiger partial charge in [-0.2, -0.15) is 0 Å². The van der Waals surface area contributed by atoms with Gasteiger partial charge in [0.05, 0.1) is 6.54 Å². The van der Waals surface area contributed by atoms with E-state index in [1.807, 2.05) is 0 Å². The molecule has 2 N–H and O–H groups in total. The molecule has 1 saturated heterocycles. The van der Waals surface area contributed by atoms with E-state index in [4.69, 9.17) is 4.99 Å². The lowest BCUT2D eigenvalue weighted by Gasteiger charge is -2.20. The van der Waals surface area contributed by atoms with E-state index in [9.17, 15) is 0 Å². The molecule has 0 radical (unpaired) electrons. The van der Waals surface area contributed by atoms with E-state index in [-0.39, 0.29) is 24.0 Å². The largest absolute Gasteiger partial charge is 0.369 e. The zero-order valence-corrected chi connectivity index (χ0v) is 20.1. The van der Waals surface area contributed by atoms with Crippen LogP contribution in [0.15, 0.2) is 59.6 Å². The molecule has 1 atom stereocenters. The first-order valence-electron chi connectivity index (χ1n) is 10.2. The number of aliphatic imine (C=N–C) groups is 1. The molecular formula is C23H34IN5. The highest BCUT2D eigenvalue weighted by molar-refractivity contribution is 14.0. The first-order valence-corrected chi connectivity index (χ1v) is 10.2. The molecule has 158 valence electrons. The Hall–Kier alpha value is -1.80. The van der Waals surface area contributed by atoms with E-state index in [2.05, 4.69) is 96.0 Å². The fourth-order valence-corrected chi connectivity index (χ4v) is 3.55. The molecular weight excluding hydrogens is 473 g/mol. The van der Waals surface area contributed by atoms with Crippen molar-refractivity contribution in [3.63, 3.8) is 0 Å². The van der Waals surface area contributed by atoms with Crippen LogP contribution in [0.1, 0.15) is 24.5 Å². The predicted octanol–water partition coefficient (Wildman–Crippen LogP) is 3.70. The summed E-state index contributed by atoms with van der Waals surface area (Å²) in [4.78, 5) is 9.42. The van der Waals surface area contributed by atoms with Gasteiger partial charge in [0.2, 0.25) is 0 Å². The van der Waals surface area contributed by atoms with Crippen LogP contribution in [0.25, 0.3) is 0 Å². The maximum atomic E-state index is 4.80. The number of rotatable bonds is 7. The van der Waals surface area contributed by atoms with Crippen molar-refractivity contribution >= 4 is 35.6 Å². The predicted molar refractivity (Wildman–Crippen MR) is 134 cm³/mol. The summed E-state index contributed by atoms with van der Waals surface area (Å²) in [6.07, 6.45) is 1.12. The van der Waals surface area contributed by atoms with Crippen LogP contribution in [-0.2, 0) is 13.1 Å². The molecule has 0 bridgehead atoms. The van der Waals surface area contributed by atoms with Crippen molar-refractivity contribution in [2.75, 3.05) is 38.6 Å². The van der Waals surface area contributed by atoms with Crippen LogP contribution in [-0.4, -0.2) is 50.6 Å². The summed E-state index contributed by atoms with van der Waals surface area (Å²) in [6, 6.07) is 19.8. The van der Waals surface area contributed by atoms with Crippen molar-refractivity contribution in [2.24, 2.45) is 4.99 Å². The molecule has 1 unspecified atom stereocenters. The lowest BCUT2D eigenvalue weighted by atomic mass is 10.1. The van der Waals surface area contributed by atoms with E-state index in [1.54, 1.807) is 0 Å². The standard InChI is InChI=1S/C23H33N5.HI/c1-4-24-23(25-16-19-10-12-20(13-11-19)17-27(2)3)26-21-14-15-28(18-21)22-8-6-5-7-9-22;/h5-13,21H,4,14-18H2,1-3H3,(H2,24,25,26);1H. The SMILES string of the molecule is CCNC(=NCc1ccc(CN(C)C)cc1)NC1CCN(c2ccccc2)C1.I. The Morgan fingerprint density at radius 3 is 2.41 bits per heavy atom. The minimum Gasteiger partial charge on any atom is -0.369 e. The molecule has 2 aromatic carbocycles. The van der Waals surface area contributed by atoms with Crippen molar-refractivity contribution in [2.45, 2.75) is 32.5 Å². The van der Waals surface area contributed by atoms with Crippen molar-refractivity contribution in [1.29, 1.82) is 0 Å². The number of nitrogens with one attached hydrogen (secondary N) is 2.